The zero-order valence-electron chi connectivity index (χ0n) is 20.3. The molecule has 1 amide bonds. The van der Waals surface area contributed by atoms with Crippen molar-refractivity contribution in [1.82, 2.24) is 14.9 Å². The Kier molecular flexibility index (Phi) is 6.01. The number of amides is 1. The summed E-state index contributed by atoms with van der Waals surface area (Å²) in [7, 11) is 0. The van der Waals surface area contributed by atoms with Crippen LogP contribution in [0.25, 0.3) is 22.0 Å². The van der Waals surface area contributed by atoms with Gasteiger partial charge < -0.3 is 10.2 Å². The fourth-order valence-corrected chi connectivity index (χ4v) is 4.70. The number of aromatic nitrogens is 2. The van der Waals surface area contributed by atoms with Gasteiger partial charge in [-0.3, -0.25) is 4.79 Å². The van der Waals surface area contributed by atoms with Crippen molar-refractivity contribution in [3.05, 3.63) is 89.5 Å². The molecule has 2 aliphatic rings. The number of hydrogen-bond donors (Lipinski definition) is 1. The summed E-state index contributed by atoms with van der Waals surface area (Å²) >= 11 is 0. The van der Waals surface area contributed by atoms with Crippen LogP contribution in [-0.2, 0) is 12.7 Å². The van der Waals surface area contributed by atoms with Crippen molar-refractivity contribution < 1.29 is 22.4 Å². The highest BCUT2D eigenvalue weighted by Crippen LogP contribution is 2.36. The van der Waals surface area contributed by atoms with Gasteiger partial charge in [0.25, 0.3) is 5.91 Å². The molecule has 1 N–H and O–H groups in total. The lowest BCUT2D eigenvalue weighted by Crippen LogP contribution is -2.34. The van der Waals surface area contributed by atoms with E-state index in [1.807, 2.05) is 24.3 Å². The van der Waals surface area contributed by atoms with Crippen LogP contribution >= 0.6 is 0 Å². The molecule has 0 aliphatic heterocycles. The average Bonchev–Trinajstić information content (AvgIpc) is 3.83. The van der Waals surface area contributed by atoms with Gasteiger partial charge in [-0.05, 0) is 72.7 Å². The zero-order chi connectivity index (χ0) is 26.4. The normalized spacial score (nSPS) is 15.5. The third-order valence-corrected chi connectivity index (χ3v) is 6.94. The smallest absolute Gasteiger partial charge is 0.367 e. The van der Waals surface area contributed by atoms with Crippen molar-refractivity contribution in [2.45, 2.75) is 50.5 Å². The molecule has 0 spiro atoms. The molecule has 4 aromatic rings. The Labute approximate surface area is 216 Å². The second-order valence-corrected chi connectivity index (χ2v) is 9.90. The topological polar surface area (TPSA) is 58.1 Å². The van der Waals surface area contributed by atoms with E-state index in [4.69, 9.17) is 0 Å². The van der Waals surface area contributed by atoms with Gasteiger partial charge in [0.1, 0.15) is 23.5 Å². The minimum atomic E-state index is -4.63. The van der Waals surface area contributed by atoms with E-state index in [-0.39, 0.29) is 23.7 Å². The van der Waals surface area contributed by atoms with Crippen LogP contribution in [0.4, 0.5) is 23.4 Å². The molecule has 9 heteroatoms. The predicted molar refractivity (Wildman–Crippen MR) is 136 cm³/mol. The highest BCUT2D eigenvalue weighted by atomic mass is 19.4. The molecule has 194 valence electrons. The summed E-state index contributed by atoms with van der Waals surface area (Å²) in [6.07, 6.45) is 0.284. The lowest BCUT2D eigenvalue weighted by molar-refractivity contribution is -0.138. The number of rotatable bonds is 7. The Morgan fingerprint density at radius 3 is 2.47 bits per heavy atom. The van der Waals surface area contributed by atoms with E-state index in [9.17, 15) is 18.0 Å². The van der Waals surface area contributed by atoms with E-state index in [1.165, 1.54) is 35.5 Å². The minimum absolute atomic E-state index is 0.112. The van der Waals surface area contributed by atoms with Crippen molar-refractivity contribution >= 4 is 22.6 Å². The molecule has 2 aliphatic carbocycles. The molecule has 1 heterocycles. The van der Waals surface area contributed by atoms with Gasteiger partial charge in [0.15, 0.2) is 0 Å². The summed E-state index contributed by atoms with van der Waals surface area (Å²) in [6.45, 7) is 0.150. The van der Waals surface area contributed by atoms with Gasteiger partial charge in [0.2, 0.25) is 0 Å². The number of carbonyl (C=O) groups excluding carboxylic acids is 1. The second-order valence-electron chi connectivity index (χ2n) is 9.90. The van der Waals surface area contributed by atoms with Gasteiger partial charge in [0, 0.05) is 24.0 Å². The molecular weight excluding hydrogens is 496 g/mol. The molecule has 2 saturated carbocycles. The van der Waals surface area contributed by atoms with Crippen LogP contribution in [0.5, 0.6) is 0 Å². The number of fused-ring (bicyclic) bond motifs is 1. The summed E-state index contributed by atoms with van der Waals surface area (Å²) in [5.41, 5.74) is 1.04. The van der Waals surface area contributed by atoms with E-state index in [2.05, 4.69) is 15.3 Å². The summed E-state index contributed by atoms with van der Waals surface area (Å²) < 4.78 is 55.8. The van der Waals surface area contributed by atoms with Crippen LogP contribution < -0.4 is 5.32 Å². The Morgan fingerprint density at radius 2 is 1.74 bits per heavy atom. The number of halogens is 4. The Morgan fingerprint density at radius 1 is 0.947 bits per heavy atom. The highest BCUT2D eigenvalue weighted by molar-refractivity contribution is 5.96. The Bertz CT molecular complexity index is 1530. The van der Waals surface area contributed by atoms with E-state index in [0.717, 1.165) is 42.9 Å². The lowest BCUT2D eigenvalue weighted by atomic mass is 10.00. The van der Waals surface area contributed by atoms with Crippen LogP contribution in [0.1, 0.15) is 47.2 Å². The van der Waals surface area contributed by atoms with Crippen molar-refractivity contribution in [1.29, 1.82) is 0 Å². The first-order valence-corrected chi connectivity index (χ1v) is 12.6. The van der Waals surface area contributed by atoms with E-state index in [0.29, 0.717) is 22.8 Å². The maximum atomic E-state index is 15.1. The van der Waals surface area contributed by atoms with E-state index < -0.39 is 23.5 Å². The van der Waals surface area contributed by atoms with Gasteiger partial charge in [-0.15, -0.1) is 0 Å². The summed E-state index contributed by atoms with van der Waals surface area (Å²) in [6, 6.07) is 15.7. The van der Waals surface area contributed by atoms with Crippen molar-refractivity contribution in [3.8, 4) is 11.1 Å². The van der Waals surface area contributed by atoms with Crippen molar-refractivity contribution in [2.75, 3.05) is 5.32 Å². The molecule has 0 atom stereocenters. The van der Waals surface area contributed by atoms with Crippen LogP contribution in [0.15, 0.2) is 67.0 Å². The van der Waals surface area contributed by atoms with Crippen molar-refractivity contribution in [2.24, 2.45) is 0 Å². The summed E-state index contributed by atoms with van der Waals surface area (Å²) in [4.78, 5) is 23.3. The molecule has 0 saturated heterocycles. The summed E-state index contributed by atoms with van der Waals surface area (Å²) in [5, 5.41) is 3.90. The lowest BCUT2D eigenvalue weighted by Gasteiger charge is -2.24. The number of carbonyl (C=O) groups is 1. The molecule has 1 aromatic heterocycles. The fourth-order valence-electron chi connectivity index (χ4n) is 4.70. The minimum Gasteiger partial charge on any atom is -0.367 e. The number of benzene rings is 3. The first kappa shape index (κ1) is 24.3. The standard InChI is InChI=1S/C29H24F4N4O/c30-25-14-19(13-23-26(25)34-16-35-27(23)36-20-8-9-20)18-5-3-4-17(12-18)15-37(21-10-11-21)28(38)22-6-1-2-7-24(22)29(31,32)33/h1-7,12-14,16,20-21H,8-11,15H2,(H,34,35,36). The third kappa shape index (κ3) is 4.92. The van der Waals surface area contributed by atoms with Crippen LogP contribution in [-0.4, -0.2) is 32.9 Å². The van der Waals surface area contributed by atoms with Gasteiger partial charge in [-0.25, -0.2) is 14.4 Å². The second kappa shape index (κ2) is 9.38. The molecule has 0 unspecified atom stereocenters. The molecule has 3 aromatic carbocycles. The van der Waals surface area contributed by atoms with E-state index in [1.54, 1.807) is 6.07 Å². The molecule has 5 nitrogen and oxygen atoms in total. The number of nitrogens with zero attached hydrogens (tertiary/aromatic N) is 3. The van der Waals surface area contributed by atoms with Crippen LogP contribution in [0.3, 0.4) is 0 Å². The fraction of sp³-hybridized carbons (Fsp3) is 0.276. The van der Waals surface area contributed by atoms with Gasteiger partial charge >= 0.3 is 6.18 Å². The average molecular weight is 521 g/mol. The SMILES string of the molecule is O=C(c1ccccc1C(F)(F)F)N(Cc1cccc(-c2cc(F)c3ncnc(NC4CC4)c3c2)c1)C1CC1. The van der Waals surface area contributed by atoms with Crippen LogP contribution in [0, 0.1) is 5.82 Å². The van der Waals surface area contributed by atoms with Gasteiger partial charge in [-0.2, -0.15) is 13.2 Å². The number of nitrogens with one attached hydrogen (secondary N) is 1. The first-order valence-electron chi connectivity index (χ1n) is 12.6. The molecule has 6 rings (SSSR count). The quantitative estimate of drug-likeness (QED) is 0.271. The van der Waals surface area contributed by atoms with Crippen molar-refractivity contribution in [3.63, 3.8) is 0 Å². The monoisotopic (exact) mass is 520 g/mol. The molecule has 2 fully saturated rings. The number of hydrogen-bond acceptors (Lipinski definition) is 4. The third-order valence-electron chi connectivity index (χ3n) is 6.94. The Hall–Kier alpha value is -4.01. The van der Waals surface area contributed by atoms with Gasteiger partial charge in [0.05, 0.1) is 11.1 Å². The maximum Gasteiger partial charge on any atom is 0.417 e. The van der Waals surface area contributed by atoms with Crippen LogP contribution in [0.2, 0.25) is 0 Å². The van der Waals surface area contributed by atoms with Gasteiger partial charge in [-0.1, -0.05) is 30.3 Å². The number of alkyl halides is 3. The molecule has 0 bridgehead atoms. The number of anilines is 1. The maximum absolute atomic E-state index is 15.1. The van der Waals surface area contributed by atoms with E-state index >= 15 is 4.39 Å². The first-order chi connectivity index (χ1) is 18.3. The summed E-state index contributed by atoms with van der Waals surface area (Å²) in [5.74, 6) is -0.526. The Balaban J connectivity index is 1.32. The zero-order valence-corrected chi connectivity index (χ0v) is 20.3. The largest absolute Gasteiger partial charge is 0.417 e. The molecular formula is C29H24F4N4O. The molecule has 38 heavy (non-hydrogen) atoms. The predicted octanol–water partition coefficient (Wildman–Crippen LogP) is 6.83. The highest BCUT2D eigenvalue weighted by Gasteiger charge is 2.39. The molecule has 0 radical (unpaired) electrons.